The summed E-state index contributed by atoms with van der Waals surface area (Å²) < 4.78 is 0. The fraction of sp³-hybridized carbons (Fsp3) is 1.00. The van der Waals surface area contributed by atoms with Crippen LogP contribution in [0.25, 0.3) is 0 Å². The van der Waals surface area contributed by atoms with Crippen LogP contribution < -0.4 is 0 Å². The Balaban J connectivity index is 2.38. The van der Waals surface area contributed by atoms with E-state index in [1.54, 1.807) is 0 Å². The van der Waals surface area contributed by atoms with E-state index >= 15 is 0 Å². The number of hydrogen-bond donors (Lipinski definition) is 2. The topological polar surface area (TPSA) is 65.5 Å². The van der Waals surface area contributed by atoms with E-state index in [2.05, 4.69) is 23.6 Å². The molecule has 2 N–H and O–H groups in total. The van der Waals surface area contributed by atoms with Crippen molar-refractivity contribution in [2.24, 2.45) is 5.92 Å². The van der Waals surface area contributed by atoms with Crippen molar-refractivity contribution in [2.45, 2.75) is 45.2 Å². The maximum absolute atomic E-state index is 9.66. The highest BCUT2D eigenvalue weighted by Crippen LogP contribution is 2.40. The van der Waals surface area contributed by atoms with Gasteiger partial charge in [-0.1, -0.05) is 13.8 Å². The molecule has 1 heterocycles. The van der Waals surface area contributed by atoms with Crippen molar-refractivity contribution >= 4 is 0 Å². The summed E-state index contributed by atoms with van der Waals surface area (Å²) in [5.41, 5.74) is -1.31. The van der Waals surface area contributed by atoms with Gasteiger partial charge in [-0.25, -0.2) is 0 Å². The highest BCUT2D eigenvalue weighted by atomic mass is 17.4. The van der Waals surface area contributed by atoms with Crippen molar-refractivity contribution < 1.29 is 20.0 Å². The lowest BCUT2D eigenvalue weighted by Crippen LogP contribution is -2.42. The zero-order chi connectivity index (χ0) is 9.41. The van der Waals surface area contributed by atoms with Crippen molar-refractivity contribution in [1.29, 1.82) is 0 Å². The van der Waals surface area contributed by atoms with E-state index in [0.717, 1.165) is 6.42 Å². The van der Waals surface area contributed by atoms with Crippen LogP contribution in [0.5, 0.6) is 0 Å². The average Bonchev–Trinajstić information content (AvgIpc) is 2.65. The summed E-state index contributed by atoms with van der Waals surface area (Å²) in [5, 5.41) is 18.9. The molecule has 1 atom stereocenters. The summed E-state index contributed by atoms with van der Waals surface area (Å²) in [7, 11) is 0. The zero-order valence-electron chi connectivity index (χ0n) is 7.70. The van der Waals surface area contributed by atoms with Crippen LogP contribution in [0.4, 0.5) is 0 Å². The maximum Gasteiger partial charge on any atom is 0.366 e. The maximum atomic E-state index is 9.66. The predicted octanol–water partition coefficient (Wildman–Crippen LogP) is 0.781. The lowest BCUT2D eigenvalue weighted by Gasteiger charge is -2.23. The fourth-order valence-corrected chi connectivity index (χ4v) is 0.947. The van der Waals surface area contributed by atoms with Gasteiger partial charge in [0.2, 0.25) is 0 Å². The summed E-state index contributed by atoms with van der Waals surface area (Å²) in [6.45, 7) is 5.60. The summed E-state index contributed by atoms with van der Waals surface area (Å²) in [6.07, 6.45) is 1.28. The summed E-state index contributed by atoms with van der Waals surface area (Å²) >= 11 is 0. The fourth-order valence-electron chi connectivity index (χ4n) is 0.947. The van der Waals surface area contributed by atoms with Crippen LogP contribution in [0.15, 0.2) is 0 Å². The molecule has 0 bridgehead atoms. The van der Waals surface area contributed by atoms with E-state index in [9.17, 15) is 10.2 Å². The van der Waals surface area contributed by atoms with Crippen molar-refractivity contribution in [3.8, 4) is 0 Å². The van der Waals surface area contributed by atoms with Crippen LogP contribution in [-0.2, 0) is 9.78 Å². The Bertz CT molecular complexity index is 160. The smallest absolute Gasteiger partial charge is 0.366 e. The van der Waals surface area contributed by atoms with Gasteiger partial charge in [0, 0.05) is 0 Å². The Hall–Kier alpha value is -0.160. The number of hydrogen-bond acceptors (Lipinski definition) is 4. The van der Waals surface area contributed by atoms with E-state index in [0.29, 0.717) is 12.3 Å². The summed E-state index contributed by atoms with van der Waals surface area (Å²) in [4.78, 5) is 8.60. The molecule has 4 nitrogen and oxygen atoms in total. The van der Waals surface area contributed by atoms with Gasteiger partial charge >= 0.3 is 5.97 Å². The van der Waals surface area contributed by atoms with E-state index in [1.165, 1.54) is 6.92 Å². The molecule has 1 saturated heterocycles. The van der Waals surface area contributed by atoms with Gasteiger partial charge in [-0.3, -0.25) is 0 Å². The quantitative estimate of drug-likeness (QED) is 0.490. The van der Waals surface area contributed by atoms with Gasteiger partial charge in [-0.2, -0.15) is 9.78 Å². The molecular weight excluding hydrogens is 160 g/mol. The monoisotopic (exact) mass is 176 g/mol. The Morgan fingerprint density at radius 2 is 1.92 bits per heavy atom. The molecule has 1 unspecified atom stereocenters. The van der Waals surface area contributed by atoms with Gasteiger partial charge in [0.25, 0.3) is 0 Å². The molecule has 0 amide bonds. The minimum Gasteiger partial charge on any atom is -0.382 e. The Kier molecular flexibility index (Phi) is 2.45. The summed E-state index contributed by atoms with van der Waals surface area (Å²) in [6, 6.07) is 0. The van der Waals surface area contributed by atoms with E-state index in [-0.39, 0.29) is 0 Å². The third-order valence-corrected chi connectivity index (χ3v) is 2.13. The van der Waals surface area contributed by atoms with Crippen molar-refractivity contribution in [1.82, 2.24) is 0 Å². The van der Waals surface area contributed by atoms with Crippen molar-refractivity contribution in [3.05, 3.63) is 0 Å². The first kappa shape index (κ1) is 9.92. The molecule has 12 heavy (non-hydrogen) atoms. The lowest BCUT2D eigenvalue weighted by atomic mass is 9.94. The van der Waals surface area contributed by atoms with Gasteiger partial charge in [0.15, 0.2) is 0 Å². The molecule has 1 aliphatic heterocycles. The van der Waals surface area contributed by atoms with Gasteiger partial charge in [-0.15, -0.1) is 0 Å². The summed E-state index contributed by atoms with van der Waals surface area (Å²) in [5.74, 6) is -1.28. The molecule has 0 spiro atoms. The standard InChI is InChI=1S/C8H16O4/c1-6(2)4-5-7(3,9)8(10)11-12-8/h6,9-10H,4-5H2,1-3H3. The molecular formula is C8H16O4. The number of aliphatic hydroxyl groups is 2. The zero-order valence-corrected chi connectivity index (χ0v) is 7.70. The van der Waals surface area contributed by atoms with Crippen LogP contribution in [-0.4, -0.2) is 21.8 Å². The first-order valence-electron chi connectivity index (χ1n) is 4.19. The van der Waals surface area contributed by atoms with Gasteiger partial charge in [0.05, 0.1) is 0 Å². The van der Waals surface area contributed by atoms with Gasteiger partial charge < -0.3 is 10.2 Å². The molecule has 0 aromatic rings. The van der Waals surface area contributed by atoms with Crippen molar-refractivity contribution in [2.75, 3.05) is 0 Å². The second-order valence-electron chi connectivity index (χ2n) is 3.95. The third-order valence-electron chi connectivity index (χ3n) is 2.13. The minimum absolute atomic E-state index is 0.459. The lowest BCUT2D eigenvalue weighted by molar-refractivity contribution is -0.154. The van der Waals surface area contributed by atoms with Crippen molar-refractivity contribution in [3.63, 3.8) is 0 Å². The van der Waals surface area contributed by atoms with Crippen LogP contribution >= 0.6 is 0 Å². The average molecular weight is 176 g/mol. The van der Waals surface area contributed by atoms with E-state index < -0.39 is 11.6 Å². The van der Waals surface area contributed by atoms with Crippen LogP contribution in [0, 0.1) is 5.92 Å². The van der Waals surface area contributed by atoms with Gasteiger partial charge in [0.1, 0.15) is 5.60 Å². The van der Waals surface area contributed by atoms with E-state index in [4.69, 9.17) is 0 Å². The molecule has 1 aliphatic rings. The minimum atomic E-state index is -1.76. The normalized spacial score (nSPS) is 25.5. The third kappa shape index (κ3) is 1.95. The molecule has 0 aromatic carbocycles. The highest BCUT2D eigenvalue weighted by Gasteiger charge is 2.62. The molecule has 0 aliphatic carbocycles. The largest absolute Gasteiger partial charge is 0.382 e. The SMILES string of the molecule is CC(C)CCC(C)(O)C1(O)OO1. The highest BCUT2D eigenvalue weighted by molar-refractivity contribution is 4.85. The Morgan fingerprint density at radius 3 is 2.25 bits per heavy atom. The first-order chi connectivity index (χ1) is 5.37. The molecule has 72 valence electrons. The molecule has 0 saturated carbocycles. The predicted molar refractivity (Wildman–Crippen MR) is 41.8 cm³/mol. The van der Waals surface area contributed by atoms with E-state index in [1.807, 2.05) is 0 Å². The second-order valence-corrected chi connectivity index (χ2v) is 3.95. The van der Waals surface area contributed by atoms with Crippen LogP contribution in [0.1, 0.15) is 33.6 Å². The number of rotatable bonds is 4. The molecule has 0 aromatic heterocycles. The van der Waals surface area contributed by atoms with Crippen LogP contribution in [0.3, 0.4) is 0 Å². The van der Waals surface area contributed by atoms with Gasteiger partial charge in [-0.05, 0) is 25.7 Å². The van der Waals surface area contributed by atoms with Crippen LogP contribution in [0.2, 0.25) is 0 Å². The Morgan fingerprint density at radius 1 is 1.42 bits per heavy atom. The Labute approximate surface area is 72.0 Å². The molecule has 1 rings (SSSR count). The second kappa shape index (κ2) is 2.96. The first-order valence-corrected chi connectivity index (χ1v) is 4.19. The molecule has 1 fully saturated rings. The molecule has 0 radical (unpaired) electrons. The molecule has 4 heteroatoms.